The van der Waals surface area contributed by atoms with Crippen molar-refractivity contribution >= 4 is 17.7 Å². The van der Waals surface area contributed by atoms with Crippen molar-refractivity contribution in [1.29, 1.82) is 0 Å². The number of isocyanates is 1. The highest BCUT2D eigenvalue weighted by atomic mass is 35.5. The van der Waals surface area contributed by atoms with Gasteiger partial charge in [-0.15, -0.1) is 0 Å². The average Bonchev–Trinajstić information content (AvgIpc) is 2.17. The number of aromatic hydroxyl groups is 1. The first-order valence-corrected chi connectivity index (χ1v) is 4.58. The van der Waals surface area contributed by atoms with Gasteiger partial charge in [0.2, 0.25) is 6.08 Å². The number of aliphatic imine (C=N–C) groups is 1. The predicted molar refractivity (Wildman–Crippen MR) is 56.2 cm³/mol. The molecular weight excluding hydrogens is 218 g/mol. The van der Waals surface area contributed by atoms with Crippen LogP contribution in [-0.2, 0) is 11.3 Å². The fourth-order valence-electron chi connectivity index (χ4n) is 1.28. The van der Waals surface area contributed by atoms with E-state index in [0.717, 1.165) is 5.56 Å². The van der Waals surface area contributed by atoms with Crippen LogP contribution in [0.15, 0.2) is 11.1 Å². The second-order valence-corrected chi connectivity index (χ2v) is 3.35. The average molecular weight is 228 g/mol. The van der Waals surface area contributed by atoms with Gasteiger partial charge in [0.25, 0.3) is 0 Å². The van der Waals surface area contributed by atoms with Gasteiger partial charge >= 0.3 is 0 Å². The van der Waals surface area contributed by atoms with Gasteiger partial charge in [-0.3, -0.25) is 0 Å². The standard InChI is InChI=1S/C10H10ClNO3/c1-6-3-8(11)10(15-2)9(14)7(6)4-12-5-13/h3,14H,4H2,1-2H3. The van der Waals surface area contributed by atoms with E-state index in [2.05, 4.69) is 4.99 Å². The Labute approximate surface area is 92.2 Å². The summed E-state index contributed by atoms with van der Waals surface area (Å²) < 4.78 is 4.93. The first-order valence-electron chi connectivity index (χ1n) is 4.20. The van der Waals surface area contributed by atoms with E-state index in [4.69, 9.17) is 16.3 Å². The van der Waals surface area contributed by atoms with Gasteiger partial charge in [0.05, 0.1) is 18.7 Å². The Morgan fingerprint density at radius 2 is 2.33 bits per heavy atom. The lowest BCUT2D eigenvalue weighted by molar-refractivity contribution is 0.370. The zero-order valence-electron chi connectivity index (χ0n) is 8.37. The minimum atomic E-state index is -0.0819. The Morgan fingerprint density at radius 3 is 2.87 bits per heavy atom. The number of benzene rings is 1. The van der Waals surface area contributed by atoms with E-state index in [-0.39, 0.29) is 18.0 Å². The van der Waals surface area contributed by atoms with Crippen molar-refractivity contribution in [3.63, 3.8) is 0 Å². The fraction of sp³-hybridized carbons (Fsp3) is 0.300. The van der Waals surface area contributed by atoms with E-state index in [1.807, 2.05) is 0 Å². The molecule has 0 aliphatic rings. The molecule has 0 saturated carbocycles. The van der Waals surface area contributed by atoms with E-state index in [1.54, 1.807) is 13.0 Å². The lowest BCUT2D eigenvalue weighted by Gasteiger charge is -2.11. The Hall–Kier alpha value is -1.51. The number of hydrogen-bond acceptors (Lipinski definition) is 4. The van der Waals surface area contributed by atoms with Crippen LogP contribution in [0.5, 0.6) is 11.5 Å². The third kappa shape index (κ3) is 2.29. The Kier molecular flexibility index (Phi) is 3.72. The van der Waals surface area contributed by atoms with Gasteiger partial charge in [-0.1, -0.05) is 11.6 Å². The zero-order valence-corrected chi connectivity index (χ0v) is 9.13. The van der Waals surface area contributed by atoms with E-state index in [0.29, 0.717) is 10.6 Å². The molecule has 1 rings (SSSR count). The third-order valence-corrected chi connectivity index (χ3v) is 2.32. The summed E-state index contributed by atoms with van der Waals surface area (Å²) in [6.45, 7) is 1.83. The Morgan fingerprint density at radius 1 is 1.67 bits per heavy atom. The summed E-state index contributed by atoms with van der Waals surface area (Å²) in [5, 5.41) is 10.1. The van der Waals surface area contributed by atoms with Crippen LogP contribution in [0, 0.1) is 6.92 Å². The van der Waals surface area contributed by atoms with Gasteiger partial charge in [0.1, 0.15) is 0 Å². The highest BCUT2D eigenvalue weighted by Gasteiger charge is 2.14. The van der Waals surface area contributed by atoms with Crippen molar-refractivity contribution in [3.8, 4) is 11.5 Å². The topological polar surface area (TPSA) is 58.9 Å². The molecular formula is C10H10ClNO3. The molecule has 5 heteroatoms. The number of ether oxygens (including phenoxy) is 1. The number of phenols is 1. The Balaban J connectivity index is 3.31. The van der Waals surface area contributed by atoms with Crippen LogP contribution in [0.1, 0.15) is 11.1 Å². The molecule has 0 aromatic heterocycles. The molecule has 0 unspecified atom stereocenters. The molecule has 80 valence electrons. The van der Waals surface area contributed by atoms with Crippen molar-refractivity contribution in [3.05, 3.63) is 22.2 Å². The van der Waals surface area contributed by atoms with Crippen LogP contribution in [0.4, 0.5) is 0 Å². The molecule has 0 heterocycles. The second kappa shape index (κ2) is 4.82. The van der Waals surface area contributed by atoms with Crippen molar-refractivity contribution < 1.29 is 14.6 Å². The maximum absolute atomic E-state index is 9.99. The van der Waals surface area contributed by atoms with Crippen molar-refractivity contribution in [2.75, 3.05) is 7.11 Å². The molecule has 1 aromatic carbocycles. The fourth-order valence-corrected chi connectivity index (χ4v) is 1.62. The lowest BCUT2D eigenvalue weighted by atomic mass is 10.1. The van der Waals surface area contributed by atoms with E-state index < -0.39 is 0 Å². The van der Waals surface area contributed by atoms with Crippen LogP contribution in [-0.4, -0.2) is 18.3 Å². The number of nitrogens with zero attached hydrogens (tertiary/aromatic N) is 1. The molecule has 1 N–H and O–H groups in total. The highest BCUT2D eigenvalue weighted by Crippen LogP contribution is 2.39. The third-order valence-electron chi connectivity index (χ3n) is 2.04. The van der Waals surface area contributed by atoms with Crippen LogP contribution in [0.25, 0.3) is 0 Å². The van der Waals surface area contributed by atoms with Crippen molar-refractivity contribution in [2.45, 2.75) is 13.5 Å². The van der Waals surface area contributed by atoms with Gasteiger partial charge < -0.3 is 9.84 Å². The molecule has 4 nitrogen and oxygen atoms in total. The summed E-state index contributed by atoms with van der Waals surface area (Å²) in [6, 6.07) is 1.65. The summed E-state index contributed by atoms with van der Waals surface area (Å²) in [6.07, 6.45) is 1.41. The molecule has 0 radical (unpaired) electrons. The van der Waals surface area contributed by atoms with Gasteiger partial charge in [-0.05, 0) is 18.6 Å². The molecule has 0 saturated heterocycles. The van der Waals surface area contributed by atoms with Gasteiger partial charge in [-0.25, -0.2) is 9.79 Å². The van der Waals surface area contributed by atoms with Crippen LogP contribution >= 0.6 is 11.6 Å². The molecule has 1 aromatic rings. The second-order valence-electron chi connectivity index (χ2n) is 2.94. The van der Waals surface area contributed by atoms with Crippen LogP contribution in [0.2, 0.25) is 5.02 Å². The van der Waals surface area contributed by atoms with Crippen LogP contribution < -0.4 is 4.74 Å². The summed E-state index contributed by atoms with van der Waals surface area (Å²) in [5.41, 5.74) is 1.26. The summed E-state index contributed by atoms with van der Waals surface area (Å²) >= 11 is 5.85. The maximum Gasteiger partial charge on any atom is 0.235 e. The molecule has 15 heavy (non-hydrogen) atoms. The van der Waals surface area contributed by atoms with Crippen LogP contribution in [0.3, 0.4) is 0 Å². The largest absolute Gasteiger partial charge is 0.504 e. The number of hydrogen-bond donors (Lipinski definition) is 1. The number of phenolic OH excluding ortho intramolecular Hbond substituents is 1. The summed E-state index contributed by atoms with van der Waals surface area (Å²) in [5.74, 6) is 0.111. The van der Waals surface area contributed by atoms with Crippen molar-refractivity contribution in [1.82, 2.24) is 0 Å². The molecule has 0 amide bonds. The Bertz CT molecular complexity index is 425. The molecule has 0 fully saturated rings. The zero-order chi connectivity index (χ0) is 11.4. The number of halogens is 1. The highest BCUT2D eigenvalue weighted by molar-refractivity contribution is 6.32. The first-order chi connectivity index (χ1) is 7.11. The van der Waals surface area contributed by atoms with Gasteiger partial charge in [0, 0.05) is 5.56 Å². The van der Waals surface area contributed by atoms with E-state index >= 15 is 0 Å². The molecule has 0 aliphatic carbocycles. The number of aryl methyl sites for hydroxylation is 1. The normalized spacial score (nSPS) is 9.53. The predicted octanol–water partition coefficient (Wildman–Crippen LogP) is 2.20. The molecule has 0 bridgehead atoms. The van der Waals surface area contributed by atoms with E-state index in [9.17, 15) is 9.90 Å². The van der Waals surface area contributed by atoms with E-state index in [1.165, 1.54) is 13.2 Å². The van der Waals surface area contributed by atoms with Gasteiger partial charge in [-0.2, -0.15) is 0 Å². The quantitative estimate of drug-likeness (QED) is 0.636. The number of rotatable bonds is 3. The number of methoxy groups -OCH3 is 1. The van der Waals surface area contributed by atoms with Gasteiger partial charge in [0.15, 0.2) is 11.5 Å². The molecule has 0 aliphatic heterocycles. The molecule has 0 atom stereocenters. The molecule has 0 spiro atoms. The SMILES string of the molecule is COc1c(Cl)cc(C)c(CN=C=O)c1O. The maximum atomic E-state index is 9.99. The summed E-state index contributed by atoms with van der Waals surface area (Å²) in [4.78, 5) is 13.4. The first kappa shape index (κ1) is 11.6. The smallest absolute Gasteiger partial charge is 0.235 e. The monoisotopic (exact) mass is 227 g/mol. The lowest BCUT2D eigenvalue weighted by Crippen LogP contribution is -1.93. The summed E-state index contributed by atoms with van der Waals surface area (Å²) in [7, 11) is 1.41. The number of carbonyl (C=O) groups excluding carboxylic acids is 1. The van der Waals surface area contributed by atoms with Crippen molar-refractivity contribution in [2.24, 2.45) is 4.99 Å². The minimum absolute atomic E-state index is 0.0642. The minimum Gasteiger partial charge on any atom is -0.504 e.